The van der Waals surface area contributed by atoms with Crippen molar-refractivity contribution in [1.82, 2.24) is 24.4 Å². The van der Waals surface area contributed by atoms with E-state index in [1.54, 1.807) is 23.0 Å². The van der Waals surface area contributed by atoms with Crippen LogP contribution >= 0.6 is 0 Å². The monoisotopic (exact) mass is 430 g/mol. The predicted octanol–water partition coefficient (Wildman–Crippen LogP) is 2.67. The number of likely N-dealkylation sites (N-methyl/N-ethyl adjacent to an activating group) is 1. The van der Waals surface area contributed by atoms with Crippen LogP contribution in [0, 0.1) is 11.3 Å². The minimum Gasteiger partial charge on any atom is -0.354 e. The van der Waals surface area contributed by atoms with Gasteiger partial charge in [0.15, 0.2) is 0 Å². The fraction of sp³-hybridized carbons (Fsp3) is 0.435. The third-order valence-corrected chi connectivity index (χ3v) is 6.41. The molecule has 0 aromatic carbocycles. The Balaban J connectivity index is 1.43. The van der Waals surface area contributed by atoms with Crippen LogP contribution in [0.2, 0.25) is 0 Å². The summed E-state index contributed by atoms with van der Waals surface area (Å²) in [7, 11) is 2.13. The minimum absolute atomic E-state index is 0.0746. The Kier molecular flexibility index (Phi) is 5.45. The van der Waals surface area contributed by atoms with E-state index in [2.05, 4.69) is 37.1 Å². The van der Waals surface area contributed by atoms with Crippen molar-refractivity contribution in [2.45, 2.75) is 31.7 Å². The van der Waals surface area contributed by atoms with E-state index in [-0.39, 0.29) is 17.2 Å². The number of hydrogen-bond donors (Lipinski definition) is 1. The van der Waals surface area contributed by atoms with Gasteiger partial charge in [-0.15, -0.1) is 0 Å². The molecule has 9 nitrogen and oxygen atoms in total. The first-order valence-corrected chi connectivity index (χ1v) is 11.1. The molecule has 0 spiro atoms. The van der Waals surface area contributed by atoms with Crippen molar-refractivity contribution in [1.29, 1.82) is 5.26 Å². The van der Waals surface area contributed by atoms with Crippen molar-refractivity contribution >= 4 is 28.5 Å². The number of piperazine rings is 1. The van der Waals surface area contributed by atoms with Crippen molar-refractivity contribution in [2.75, 3.05) is 43.4 Å². The minimum atomic E-state index is -0.269. The molecule has 32 heavy (non-hydrogen) atoms. The largest absolute Gasteiger partial charge is 0.354 e. The molecule has 164 valence electrons. The highest BCUT2D eigenvalue weighted by molar-refractivity contribution is 5.77. The molecule has 1 N–H and O–H groups in total. The molecule has 9 heteroatoms. The first-order valence-electron chi connectivity index (χ1n) is 11.1. The van der Waals surface area contributed by atoms with E-state index in [4.69, 9.17) is 0 Å². The van der Waals surface area contributed by atoms with Gasteiger partial charge in [0.1, 0.15) is 23.1 Å². The highest BCUT2D eigenvalue weighted by atomic mass is 16.1. The molecular weight excluding hydrogens is 404 g/mol. The zero-order valence-corrected chi connectivity index (χ0v) is 18.2. The number of nitrogens with one attached hydrogen (secondary N) is 1. The lowest BCUT2D eigenvalue weighted by atomic mass is 10.2. The lowest BCUT2D eigenvalue weighted by Gasteiger charge is -2.33. The number of anilines is 3. The topological polar surface area (TPSA) is 103 Å². The van der Waals surface area contributed by atoms with Crippen LogP contribution < -0.4 is 15.8 Å². The average Bonchev–Trinajstić information content (AvgIpc) is 3.34. The summed E-state index contributed by atoms with van der Waals surface area (Å²) in [5.41, 5.74) is 1.22. The van der Waals surface area contributed by atoms with E-state index in [1.807, 2.05) is 18.2 Å². The van der Waals surface area contributed by atoms with Crippen LogP contribution in [0.15, 0.2) is 35.4 Å². The number of rotatable bonds is 4. The van der Waals surface area contributed by atoms with Crippen LogP contribution in [-0.2, 0) is 0 Å². The van der Waals surface area contributed by atoms with Gasteiger partial charge in [0.2, 0.25) is 5.95 Å². The molecule has 0 amide bonds. The number of fused-ring (bicyclic) bond motifs is 1. The van der Waals surface area contributed by atoms with Gasteiger partial charge in [-0.25, -0.2) is 9.97 Å². The van der Waals surface area contributed by atoms with Crippen molar-refractivity contribution in [2.24, 2.45) is 0 Å². The Morgan fingerprint density at radius 1 is 1.09 bits per heavy atom. The Morgan fingerprint density at radius 2 is 1.88 bits per heavy atom. The lowest BCUT2D eigenvalue weighted by Crippen LogP contribution is -2.44. The molecule has 0 bridgehead atoms. The van der Waals surface area contributed by atoms with E-state index in [1.165, 1.54) is 0 Å². The van der Waals surface area contributed by atoms with Gasteiger partial charge in [0.25, 0.3) is 5.56 Å². The second-order valence-corrected chi connectivity index (χ2v) is 8.58. The van der Waals surface area contributed by atoms with Crippen LogP contribution in [0.25, 0.3) is 11.0 Å². The smallest absolute Gasteiger partial charge is 0.270 e. The Labute approximate surface area is 186 Å². The fourth-order valence-electron chi connectivity index (χ4n) is 4.57. The molecule has 1 aliphatic carbocycles. The summed E-state index contributed by atoms with van der Waals surface area (Å²) in [6.45, 7) is 3.99. The molecule has 0 unspecified atom stereocenters. The molecule has 1 saturated heterocycles. The Hall–Kier alpha value is -3.51. The maximum atomic E-state index is 12.9. The van der Waals surface area contributed by atoms with Gasteiger partial charge < -0.3 is 15.1 Å². The van der Waals surface area contributed by atoms with E-state index < -0.39 is 0 Å². The van der Waals surface area contributed by atoms with Crippen molar-refractivity contribution in [3.8, 4) is 6.07 Å². The quantitative estimate of drug-likeness (QED) is 0.674. The maximum absolute atomic E-state index is 12.9. The Bertz CT molecular complexity index is 1220. The van der Waals surface area contributed by atoms with Gasteiger partial charge in [-0.05, 0) is 38.1 Å². The molecule has 0 radical (unpaired) electrons. The number of pyridine rings is 2. The molecule has 2 aliphatic rings. The van der Waals surface area contributed by atoms with Gasteiger partial charge in [-0.1, -0.05) is 12.8 Å². The van der Waals surface area contributed by atoms with Crippen LogP contribution in [-0.4, -0.2) is 57.6 Å². The summed E-state index contributed by atoms with van der Waals surface area (Å²) in [5, 5.41) is 13.3. The maximum Gasteiger partial charge on any atom is 0.270 e. The number of nitrogens with zero attached hydrogens (tertiary/aromatic N) is 7. The predicted molar refractivity (Wildman–Crippen MR) is 123 cm³/mol. The van der Waals surface area contributed by atoms with Crippen LogP contribution in [0.1, 0.15) is 37.3 Å². The Morgan fingerprint density at radius 3 is 2.56 bits per heavy atom. The lowest BCUT2D eigenvalue weighted by molar-refractivity contribution is 0.312. The van der Waals surface area contributed by atoms with E-state index >= 15 is 0 Å². The van der Waals surface area contributed by atoms with Crippen LogP contribution in [0.5, 0.6) is 0 Å². The molecule has 4 heterocycles. The molecule has 5 rings (SSSR count). The fourth-order valence-corrected chi connectivity index (χ4v) is 4.57. The molecule has 2 fully saturated rings. The molecule has 1 aliphatic heterocycles. The molecular formula is C23H26N8O. The van der Waals surface area contributed by atoms with Crippen molar-refractivity contribution in [3.63, 3.8) is 0 Å². The summed E-state index contributed by atoms with van der Waals surface area (Å²) >= 11 is 0. The highest BCUT2D eigenvalue weighted by Crippen LogP contribution is 2.31. The van der Waals surface area contributed by atoms with Gasteiger partial charge in [-0.2, -0.15) is 10.2 Å². The second-order valence-electron chi connectivity index (χ2n) is 8.58. The number of hydrogen-bond acceptors (Lipinski definition) is 8. The summed E-state index contributed by atoms with van der Waals surface area (Å²) in [5.74, 6) is 1.37. The number of aromatic nitrogens is 4. The van der Waals surface area contributed by atoms with Gasteiger partial charge in [0.05, 0.1) is 11.9 Å². The second kappa shape index (κ2) is 8.55. The molecule has 3 aromatic rings. The van der Waals surface area contributed by atoms with Crippen molar-refractivity contribution < 1.29 is 0 Å². The standard InChI is InChI=1S/C23H26N8O/c1-29-8-10-30(11-9-29)20-7-6-18(15-25-20)27-23-26-14-17-12-16(13-24)22(32)31(21(17)28-23)19-4-2-3-5-19/h6-7,12,14-15,19H,2-5,8-11H2,1H3,(H,26,27,28). The first-order chi connectivity index (χ1) is 15.6. The average molecular weight is 431 g/mol. The van der Waals surface area contributed by atoms with E-state index in [0.29, 0.717) is 17.0 Å². The summed E-state index contributed by atoms with van der Waals surface area (Å²) in [4.78, 5) is 31.2. The zero-order chi connectivity index (χ0) is 22.1. The summed E-state index contributed by atoms with van der Waals surface area (Å²) < 4.78 is 1.70. The van der Waals surface area contributed by atoms with Crippen molar-refractivity contribution in [3.05, 3.63) is 46.5 Å². The van der Waals surface area contributed by atoms with Gasteiger partial charge in [-0.3, -0.25) is 9.36 Å². The summed E-state index contributed by atoms with van der Waals surface area (Å²) in [6, 6.07) is 7.65. The third kappa shape index (κ3) is 3.89. The molecule has 1 saturated carbocycles. The van der Waals surface area contributed by atoms with Crippen LogP contribution in [0.4, 0.5) is 17.5 Å². The zero-order valence-electron chi connectivity index (χ0n) is 18.2. The van der Waals surface area contributed by atoms with Gasteiger partial charge in [0, 0.05) is 43.8 Å². The van der Waals surface area contributed by atoms with E-state index in [9.17, 15) is 10.1 Å². The third-order valence-electron chi connectivity index (χ3n) is 6.41. The summed E-state index contributed by atoms with van der Waals surface area (Å²) in [6.07, 6.45) is 7.46. The highest BCUT2D eigenvalue weighted by Gasteiger charge is 2.23. The molecule has 3 aromatic heterocycles. The first kappa shape index (κ1) is 20.4. The van der Waals surface area contributed by atoms with Crippen LogP contribution in [0.3, 0.4) is 0 Å². The van der Waals surface area contributed by atoms with E-state index in [0.717, 1.165) is 63.4 Å². The molecule has 0 atom stereocenters. The SMILES string of the molecule is CN1CCN(c2ccc(Nc3ncc4cc(C#N)c(=O)n(C5CCCC5)c4n3)cn2)CC1. The normalized spacial score (nSPS) is 17.6. The van der Waals surface area contributed by atoms with Gasteiger partial charge >= 0.3 is 0 Å². The number of nitriles is 1.